The maximum Gasteiger partial charge on any atom is 0.0671 e. The third kappa shape index (κ3) is 3.20. The molecular formula is C18H21NS2. The molecule has 0 aliphatic rings. The van der Waals surface area contributed by atoms with Crippen LogP contribution in [0, 0.1) is 0 Å². The molecule has 3 aromatic rings. The zero-order valence-corrected chi connectivity index (χ0v) is 14.2. The van der Waals surface area contributed by atoms with Crippen LogP contribution in [-0.2, 0) is 6.42 Å². The molecule has 2 aromatic heterocycles. The lowest BCUT2D eigenvalue weighted by Gasteiger charge is -2.18. The number of hydrogen-bond acceptors (Lipinski definition) is 3. The first-order valence-corrected chi connectivity index (χ1v) is 9.30. The smallest absolute Gasteiger partial charge is 0.0671 e. The molecule has 3 rings (SSSR count). The van der Waals surface area contributed by atoms with Gasteiger partial charge < -0.3 is 5.32 Å². The van der Waals surface area contributed by atoms with Crippen molar-refractivity contribution in [2.24, 2.45) is 0 Å². The van der Waals surface area contributed by atoms with Gasteiger partial charge in [0, 0.05) is 14.3 Å². The third-order valence-corrected chi connectivity index (χ3v) is 5.83. The SMILES string of the molecule is CCCc1cccc(C(NCC)c2cc3sccc3s2)c1. The van der Waals surface area contributed by atoms with Gasteiger partial charge in [-0.15, -0.1) is 22.7 Å². The quantitative estimate of drug-likeness (QED) is 0.623. The highest BCUT2D eigenvalue weighted by molar-refractivity contribution is 7.27. The van der Waals surface area contributed by atoms with Crippen molar-refractivity contribution in [2.75, 3.05) is 6.54 Å². The average molecular weight is 316 g/mol. The Hall–Kier alpha value is -1.16. The van der Waals surface area contributed by atoms with Crippen LogP contribution in [0.1, 0.15) is 42.3 Å². The van der Waals surface area contributed by atoms with E-state index >= 15 is 0 Å². The van der Waals surface area contributed by atoms with Gasteiger partial charge in [-0.25, -0.2) is 0 Å². The third-order valence-electron chi connectivity index (χ3n) is 3.67. The Morgan fingerprint density at radius 1 is 1.10 bits per heavy atom. The molecule has 1 nitrogen and oxygen atoms in total. The van der Waals surface area contributed by atoms with Gasteiger partial charge in [0.1, 0.15) is 0 Å². The second kappa shape index (κ2) is 6.73. The molecule has 21 heavy (non-hydrogen) atoms. The molecule has 2 heterocycles. The molecule has 0 aliphatic carbocycles. The second-order valence-electron chi connectivity index (χ2n) is 5.28. The Bertz CT molecular complexity index is 682. The summed E-state index contributed by atoms with van der Waals surface area (Å²) in [6.07, 6.45) is 2.36. The fourth-order valence-corrected chi connectivity index (χ4v) is 4.95. The van der Waals surface area contributed by atoms with E-state index in [0.717, 1.165) is 13.0 Å². The molecule has 1 unspecified atom stereocenters. The van der Waals surface area contributed by atoms with Crippen LogP contribution in [0.15, 0.2) is 41.8 Å². The summed E-state index contributed by atoms with van der Waals surface area (Å²) in [5, 5.41) is 5.83. The van der Waals surface area contributed by atoms with E-state index in [2.05, 4.69) is 60.9 Å². The number of benzene rings is 1. The lowest BCUT2D eigenvalue weighted by atomic mass is 10.0. The molecule has 1 atom stereocenters. The molecule has 0 fully saturated rings. The maximum atomic E-state index is 3.65. The van der Waals surface area contributed by atoms with E-state index < -0.39 is 0 Å². The van der Waals surface area contributed by atoms with Gasteiger partial charge in [-0.1, -0.05) is 44.5 Å². The number of hydrogen-bond donors (Lipinski definition) is 1. The molecule has 0 bridgehead atoms. The Balaban J connectivity index is 1.96. The summed E-state index contributed by atoms with van der Waals surface area (Å²) in [5.41, 5.74) is 2.83. The molecule has 0 amide bonds. The van der Waals surface area contributed by atoms with Crippen LogP contribution in [0.2, 0.25) is 0 Å². The van der Waals surface area contributed by atoms with E-state index in [9.17, 15) is 0 Å². The summed E-state index contributed by atoms with van der Waals surface area (Å²) in [4.78, 5) is 1.42. The van der Waals surface area contributed by atoms with Gasteiger partial charge in [0.15, 0.2) is 0 Å². The number of nitrogens with one attached hydrogen (secondary N) is 1. The van der Waals surface area contributed by atoms with Gasteiger partial charge in [-0.2, -0.15) is 0 Å². The number of fused-ring (bicyclic) bond motifs is 1. The fraction of sp³-hybridized carbons (Fsp3) is 0.333. The van der Waals surface area contributed by atoms with Gasteiger partial charge in [0.25, 0.3) is 0 Å². The van der Waals surface area contributed by atoms with Crippen molar-refractivity contribution < 1.29 is 0 Å². The molecule has 3 heteroatoms. The highest BCUT2D eigenvalue weighted by atomic mass is 32.1. The molecule has 0 radical (unpaired) electrons. The molecule has 0 saturated heterocycles. The van der Waals surface area contributed by atoms with Crippen molar-refractivity contribution in [3.05, 3.63) is 57.8 Å². The largest absolute Gasteiger partial charge is 0.306 e. The summed E-state index contributed by atoms with van der Waals surface area (Å²) in [7, 11) is 0. The molecule has 0 saturated carbocycles. The number of rotatable bonds is 6. The van der Waals surface area contributed by atoms with Gasteiger partial charge in [0.2, 0.25) is 0 Å². The summed E-state index contributed by atoms with van der Waals surface area (Å²) >= 11 is 3.75. The predicted octanol–water partition coefficient (Wildman–Crippen LogP) is 5.61. The Morgan fingerprint density at radius 2 is 2.00 bits per heavy atom. The topological polar surface area (TPSA) is 12.0 Å². The van der Waals surface area contributed by atoms with Gasteiger partial charge in [-0.05, 0) is 41.6 Å². The van der Waals surface area contributed by atoms with Crippen LogP contribution in [0.5, 0.6) is 0 Å². The zero-order valence-electron chi connectivity index (χ0n) is 12.6. The average Bonchev–Trinajstić information content (AvgIpc) is 3.06. The lowest BCUT2D eigenvalue weighted by molar-refractivity contribution is 0.639. The van der Waals surface area contributed by atoms with Crippen molar-refractivity contribution in [1.82, 2.24) is 5.32 Å². The van der Waals surface area contributed by atoms with Crippen molar-refractivity contribution in [1.29, 1.82) is 0 Å². The highest BCUT2D eigenvalue weighted by Crippen LogP contribution is 2.36. The normalized spacial score (nSPS) is 12.9. The Morgan fingerprint density at radius 3 is 2.76 bits per heavy atom. The fourth-order valence-electron chi connectivity index (χ4n) is 2.73. The van der Waals surface area contributed by atoms with Gasteiger partial charge in [0.05, 0.1) is 6.04 Å². The van der Waals surface area contributed by atoms with E-state index in [1.54, 1.807) is 0 Å². The minimum absolute atomic E-state index is 0.316. The number of aryl methyl sites for hydroxylation is 1. The molecule has 1 N–H and O–H groups in total. The van der Waals surface area contributed by atoms with Crippen LogP contribution < -0.4 is 5.32 Å². The zero-order chi connectivity index (χ0) is 14.7. The molecular weight excluding hydrogens is 294 g/mol. The highest BCUT2D eigenvalue weighted by Gasteiger charge is 2.16. The van der Waals surface area contributed by atoms with E-state index in [1.165, 1.54) is 31.8 Å². The lowest BCUT2D eigenvalue weighted by Crippen LogP contribution is -2.21. The molecule has 1 aromatic carbocycles. The van der Waals surface area contributed by atoms with E-state index in [1.807, 2.05) is 22.7 Å². The first kappa shape index (κ1) is 14.8. The molecule has 0 aliphatic heterocycles. The number of thiophene rings is 2. The van der Waals surface area contributed by atoms with E-state index in [4.69, 9.17) is 0 Å². The monoisotopic (exact) mass is 315 g/mol. The van der Waals surface area contributed by atoms with E-state index in [0.29, 0.717) is 6.04 Å². The van der Waals surface area contributed by atoms with Crippen molar-refractivity contribution in [3.8, 4) is 0 Å². The predicted molar refractivity (Wildman–Crippen MR) is 95.7 cm³/mol. The van der Waals surface area contributed by atoms with Crippen molar-refractivity contribution >= 4 is 32.1 Å². The molecule has 0 spiro atoms. The minimum atomic E-state index is 0.316. The van der Waals surface area contributed by atoms with Crippen molar-refractivity contribution in [2.45, 2.75) is 32.7 Å². The van der Waals surface area contributed by atoms with Gasteiger partial charge >= 0.3 is 0 Å². The van der Waals surface area contributed by atoms with Crippen LogP contribution in [-0.4, -0.2) is 6.54 Å². The first-order valence-electron chi connectivity index (χ1n) is 7.61. The van der Waals surface area contributed by atoms with Crippen molar-refractivity contribution in [3.63, 3.8) is 0 Å². The van der Waals surface area contributed by atoms with Crippen LogP contribution in [0.4, 0.5) is 0 Å². The summed E-state index contributed by atoms with van der Waals surface area (Å²) < 4.78 is 2.81. The van der Waals surface area contributed by atoms with Gasteiger partial charge in [-0.3, -0.25) is 0 Å². The molecule has 110 valence electrons. The minimum Gasteiger partial charge on any atom is -0.306 e. The summed E-state index contributed by atoms with van der Waals surface area (Å²) in [6.45, 7) is 5.40. The van der Waals surface area contributed by atoms with E-state index in [-0.39, 0.29) is 0 Å². The second-order valence-corrected chi connectivity index (χ2v) is 7.35. The first-order chi connectivity index (χ1) is 10.3. The summed E-state index contributed by atoms with van der Waals surface area (Å²) in [6, 6.07) is 13.9. The Kier molecular flexibility index (Phi) is 4.73. The maximum absolute atomic E-state index is 3.65. The summed E-state index contributed by atoms with van der Waals surface area (Å²) in [5.74, 6) is 0. The van der Waals surface area contributed by atoms with Crippen LogP contribution in [0.3, 0.4) is 0 Å². The standard InChI is InChI=1S/C18H21NS2/c1-3-6-13-7-5-8-14(11-13)18(19-4-2)17-12-16-15(21-17)9-10-20-16/h5,7-12,18-19H,3-4,6H2,1-2H3. The van der Waals surface area contributed by atoms with Crippen LogP contribution in [0.25, 0.3) is 9.40 Å². The Labute approximate surface area is 134 Å². The van der Waals surface area contributed by atoms with Crippen LogP contribution >= 0.6 is 22.7 Å².